The molecule has 8 nitrogen and oxygen atoms in total. The van der Waals surface area contributed by atoms with Crippen molar-refractivity contribution in [3.05, 3.63) is 59.9 Å². The van der Waals surface area contributed by atoms with Crippen LogP contribution in [0.15, 0.2) is 53.4 Å². The van der Waals surface area contributed by atoms with Gasteiger partial charge in [-0.1, -0.05) is 12.8 Å². The van der Waals surface area contributed by atoms with E-state index in [9.17, 15) is 22.4 Å². The topological polar surface area (TPSA) is 108 Å². The fraction of sp³-hybridized carbons (Fsp3) is 0.375. The van der Waals surface area contributed by atoms with Crippen molar-refractivity contribution in [2.45, 2.75) is 37.0 Å². The quantitative estimate of drug-likeness (QED) is 0.528. The van der Waals surface area contributed by atoms with Gasteiger partial charge in [-0.15, -0.1) is 0 Å². The molecule has 1 heterocycles. The smallest absolute Gasteiger partial charge is 0.338 e. The Balaban J connectivity index is 1.64. The second-order valence-electron chi connectivity index (χ2n) is 7.85. The molecule has 1 aliphatic heterocycles. The van der Waals surface area contributed by atoms with Crippen LogP contribution in [0.25, 0.3) is 0 Å². The fourth-order valence-electron chi connectivity index (χ4n) is 3.66. The number of rotatable bonds is 8. The molecule has 34 heavy (non-hydrogen) atoms. The molecular weight excluding hydrogens is 461 g/mol. The van der Waals surface area contributed by atoms with Crippen molar-refractivity contribution in [3.63, 3.8) is 0 Å². The van der Waals surface area contributed by atoms with Gasteiger partial charge in [0.05, 0.1) is 22.9 Å². The Hall–Kier alpha value is -3.29. The van der Waals surface area contributed by atoms with Crippen LogP contribution in [-0.4, -0.2) is 50.8 Å². The Kier molecular flexibility index (Phi) is 8.73. The summed E-state index contributed by atoms with van der Waals surface area (Å²) in [5.74, 6) is -1.83. The van der Waals surface area contributed by atoms with Crippen LogP contribution >= 0.6 is 0 Å². The van der Waals surface area contributed by atoms with Crippen LogP contribution in [0.4, 0.5) is 10.1 Å². The minimum atomic E-state index is -3.64. The van der Waals surface area contributed by atoms with E-state index in [1.54, 1.807) is 0 Å². The maximum Gasteiger partial charge on any atom is 0.338 e. The van der Waals surface area contributed by atoms with E-state index in [2.05, 4.69) is 0 Å². The number of anilines is 1. The number of carbonyl (C=O) groups is 2. The molecule has 10 heteroatoms. The lowest BCUT2D eigenvalue weighted by Gasteiger charge is -2.21. The van der Waals surface area contributed by atoms with Gasteiger partial charge in [0, 0.05) is 25.3 Å². The molecule has 0 radical (unpaired) electrons. The molecule has 0 aromatic heterocycles. The van der Waals surface area contributed by atoms with Crippen molar-refractivity contribution in [2.75, 3.05) is 31.1 Å². The summed E-state index contributed by atoms with van der Waals surface area (Å²) < 4.78 is 45.5. The largest absolute Gasteiger partial charge is 0.452 e. The van der Waals surface area contributed by atoms with Gasteiger partial charge in [0.15, 0.2) is 6.61 Å². The van der Waals surface area contributed by atoms with Gasteiger partial charge in [0.2, 0.25) is 10.0 Å². The Morgan fingerprint density at radius 1 is 1.00 bits per heavy atom. The van der Waals surface area contributed by atoms with Crippen molar-refractivity contribution in [3.8, 4) is 6.07 Å². The molecular formula is C24H26FN3O5S. The van der Waals surface area contributed by atoms with E-state index < -0.39 is 34.3 Å². The maximum absolute atomic E-state index is 13.2. The van der Waals surface area contributed by atoms with Crippen LogP contribution in [0.5, 0.6) is 0 Å². The second kappa shape index (κ2) is 11.7. The SMILES string of the molecule is N#CCCN(C(=O)COC(=O)c1ccc(S(=O)(=O)N2CCCCCC2)cc1)c1ccc(F)cc1. The van der Waals surface area contributed by atoms with E-state index in [4.69, 9.17) is 10.00 Å². The van der Waals surface area contributed by atoms with Gasteiger partial charge in [-0.25, -0.2) is 17.6 Å². The number of ether oxygens (including phenoxy) is 1. The molecule has 1 fully saturated rings. The minimum Gasteiger partial charge on any atom is -0.452 e. The molecule has 1 amide bonds. The summed E-state index contributed by atoms with van der Waals surface area (Å²) in [4.78, 5) is 26.4. The van der Waals surface area contributed by atoms with E-state index >= 15 is 0 Å². The first-order valence-electron chi connectivity index (χ1n) is 11.0. The van der Waals surface area contributed by atoms with Crippen molar-refractivity contribution in [2.24, 2.45) is 0 Å². The van der Waals surface area contributed by atoms with Crippen LogP contribution in [-0.2, 0) is 19.6 Å². The zero-order valence-electron chi connectivity index (χ0n) is 18.7. The van der Waals surface area contributed by atoms with Crippen LogP contribution in [0, 0.1) is 17.1 Å². The van der Waals surface area contributed by atoms with Gasteiger partial charge in [-0.05, 0) is 61.4 Å². The molecule has 0 saturated carbocycles. The summed E-state index contributed by atoms with van der Waals surface area (Å²) in [6.07, 6.45) is 3.70. The third kappa shape index (κ3) is 6.40. The normalized spacial score (nSPS) is 14.6. The molecule has 180 valence electrons. The number of nitriles is 1. The number of esters is 1. The van der Waals surface area contributed by atoms with Gasteiger partial charge in [0.25, 0.3) is 5.91 Å². The van der Waals surface area contributed by atoms with E-state index in [0.29, 0.717) is 18.8 Å². The predicted octanol–water partition coefficient (Wildman–Crippen LogP) is 3.49. The first-order chi connectivity index (χ1) is 16.3. The third-order valence-electron chi connectivity index (χ3n) is 5.51. The molecule has 0 unspecified atom stereocenters. The van der Waals surface area contributed by atoms with Crippen molar-refractivity contribution in [1.29, 1.82) is 5.26 Å². The summed E-state index contributed by atoms with van der Waals surface area (Å²) in [7, 11) is -3.64. The van der Waals surface area contributed by atoms with Gasteiger partial charge in [0.1, 0.15) is 5.82 Å². The Morgan fingerprint density at radius 3 is 2.21 bits per heavy atom. The molecule has 0 atom stereocenters. The third-order valence-corrected chi connectivity index (χ3v) is 7.42. The van der Waals surface area contributed by atoms with Gasteiger partial charge >= 0.3 is 5.97 Å². The number of amides is 1. The summed E-state index contributed by atoms with van der Waals surface area (Å²) >= 11 is 0. The molecule has 0 aliphatic carbocycles. The number of halogens is 1. The van der Waals surface area contributed by atoms with Crippen molar-refractivity contribution >= 4 is 27.6 Å². The summed E-state index contributed by atoms with van der Waals surface area (Å²) in [5.41, 5.74) is 0.480. The van der Waals surface area contributed by atoms with Crippen LogP contribution in [0.3, 0.4) is 0 Å². The average Bonchev–Trinajstić information content (AvgIpc) is 3.14. The highest BCUT2D eigenvalue weighted by Crippen LogP contribution is 2.21. The van der Waals surface area contributed by atoms with Gasteiger partial charge in [-0.2, -0.15) is 9.57 Å². The van der Waals surface area contributed by atoms with E-state index in [0.717, 1.165) is 25.7 Å². The molecule has 1 aliphatic rings. The maximum atomic E-state index is 13.2. The summed E-state index contributed by atoms with van der Waals surface area (Å²) in [6, 6.07) is 12.5. The molecule has 0 bridgehead atoms. The highest BCUT2D eigenvalue weighted by Gasteiger charge is 2.25. The van der Waals surface area contributed by atoms with Gasteiger partial charge in [-0.3, -0.25) is 4.79 Å². The number of carbonyl (C=O) groups excluding carboxylic acids is 2. The molecule has 2 aromatic carbocycles. The van der Waals surface area contributed by atoms with Crippen LogP contribution < -0.4 is 4.90 Å². The number of hydrogen-bond donors (Lipinski definition) is 0. The van der Waals surface area contributed by atoms with E-state index in [1.807, 2.05) is 6.07 Å². The highest BCUT2D eigenvalue weighted by molar-refractivity contribution is 7.89. The Labute approximate surface area is 198 Å². The van der Waals surface area contributed by atoms with Crippen LogP contribution in [0.2, 0.25) is 0 Å². The monoisotopic (exact) mass is 487 g/mol. The Morgan fingerprint density at radius 2 is 1.62 bits per heavy atom. The lowest BCUT2D eigenvalue weighted by Crippen LogP contribution is -2.35. The highest BCUT2D eigenvalue weighted by atomic mass is 32.2. The van der Waals surface area contributed by atoms with Gasteiger partial charge < -0.3 is 9.64 Å². The zero-order chi connectivity index (χ0) is 24.6. The van der Waals surface area contributed by atoms with Crippen LogP contribution in [0.1, 0.15) is 42.5 Å². The second-order valence-corrected chi connectivity index (χ2v) is 9.79. The lowest BCUT2D eigenvalue weighted by atomic mass is 10.2. The number of benzene rings is 2. The number of nitrogens with zero attached hydrogens (tertiary/aromatic N) is 3. The zero-order valence-corrected chi connectivity index (χ0v) is 19.5. The first-order valence-corrected chi connectivity index (χ1v) is 12.5. The lowest BCUT2D eigenvalue weighted by molar-refractivity contribution is -0.121. The molecule has 3 rings (SSSR count). The number of sulfonamides is 1. The summed E-state index contributed by atoms with van der Waals surface area (Å²) in [5, 5.41) is 8.85. The fourth-order valence-corrected chi connectivity index (χ4v) is 5.18. The minimum absolute atomic E-state index is 0.0457. The predicted molar refractivity (Wildman–Crippen MR) is 123 cm³/mol. The first kappa shape index (κ1) is 25.3. The molecule has 0 N–H and O–H groups in total. The molecule has 1 saturated heterocycles. The molecule has 0 spiro atoms. The number of hydrogen-bond acceptors (Lipinski definition) is 6. The van der Waals surface area contributed by atoms with E-state index in [1.165, 1.54) is 57.7 Å². The van der Waals surface area contributed by atoms with Crippen molar-refractivity contribution < 1.29 is 27.1 Å². The average molecular weight is 488 g/mol. The summed E-state index contributed by atoms with van der Waals surface area (Å²) in [6.45, 7) is 0.423. The Bertz CT molecular complexity index is 1140. The molecule has 2 aromatic rings. The van der Waals surface area contributed by atoms with E-state index in [-0.39, 0.29) is 23.4 Å². The van der Waals surface area contributed by atoms with Crippen molar-refractivity contribution in [1.82, 2.24) is 4.31 Å². The standard InChI is InChI=1S/C24H26FN3O5S/c25-20-8-10-21(11-9-20)28(17-5-14-26)23(29)18-33-24(30)19-6-12-22(13-7-19)34(31,32)27-15-3-1-2-4-16-27/h6-13H,1-5,15-18H2.